The third kappa shape index (κ3) is 5.19. The molecule has 2 amide bonds. The molecule has 8 heteroatoms. The first-order chi connectivity index (χ1) is 17.5. The number of carbonyl (C=O) groups is 2. The number of carbonyl (C=O) groups excluding carboxylic acids is 2. The molecule has 194 valence electrons. The Labute approximate surface area is 216 Å². The van der Waals surface area contributed by atoms with Crippen LogP contribution in [0.25, 0.3) is 10.9 Å². The van der Waals surface area contributed by atoms with E-state index in [9.17, 15) is 14.7 Å². The molecule has 37 heavy (non-hydrogen) atoms. The van der Waals surface area contributed by atoms with Crippen LogP contribution in [0.1, 0.15) is 61.5 Å². The Balaban J connectivity index is 1.28. The highest BCUT2D eigenvalue weighted by Crippen LogP contribution is 2.49. The number of nitrogens with one attached hydrogen (secondary N) is 1. The highest BCUT2D eigenvalue weighted by Gasteiger charge is 2.47. The van der Waals surface area contributed by atoms with E-state index in [4.69, 9.17) is 9.47 Å². The van der Waals surface area contributed by atoms with Gasteiger partial charge in [-0.15, -0.1) is 0 Å². The number of hydrogen-bond acceptors (Lipinski definition) is 6. The van der Waals surface area contributed by atoms with Crippen LogP contribution < -0.4 is 10.1 Å². The maximum atomic E-state index is 13.4. The number of nitrogens with zero attached hydrogens (tertiary/aromatic N) is 2. The number of phenols is 1. The second kappa shape index (κ2) is 9.25. The van der Waals surface area contributed by atoms with Gasteiger partial charge in [0.1, 0.15) is 23.7 Å². The summed E-state index contributed by atoms with van der Waals surface area (Å²) in [5.41, 5.74) is 1.85. The van der Waals surface area contributed by atoms with Crippen molar-refractivity contribution in [2.45, 2.75) is 64.1 Å². The van der Waals surface area contributed by atoms with Gasteiger partial charge in [0.25, 0.3) is 5.91 Å². The molecule has 1 aliphatic carbocycles. The number of fused-ring (bicyclic) bond motifs is 1. The zero-order chi connectivity index (χ0) is 26.4. The van der Waals surface area contributed by atoms with Crippen LogP contribution in [0.2, 0.25) is 0 Å². The average molecular weight is 504 g/mol. The number of aryl methyl sites for hydroxylation is 1. The molecule has 0 bridgehead atoms. The number of phenolic OH excluding ortho intramolecular Hbond substituents is 1. The van der Waals surface area contributed by atoms with Gasteiger partial charge in [0.15, 0.2) is 0 Å². The molecular weight excluding hydrogens is 470 g/mol. The van der Waals surface area contributed by atoms with E-state index in [2.05, 4.69) is 10.3 Å². The maximum absolute atomic E-state index is 13.4. The lowest BCUT2D eigenvalue weighted by Crippen LogP contribution is -2.55. The summed E-state index contributed by atoms with van der Waals surface area (Å²) in [4.78, 5) is 31.9. The van der Waals surface area contributed by atoms with Gasteiger partial charge in [-0.1, -0.05) is 12.1 Å². The van der Waals surface area contributed by atoms with Gasteiger partial charge in [-0.2, -0.15) is 0 Å². The number of aromatic hydroxyl groups is 1. The van der Waals surface area contributed by atoms with Gasteiger partial charge in [-0.25, -0.2) is 4.79 Å². The van der Waals surface area contributed by atoms with Crippen LogP contribution in [-0.2, 0) is 10.3 Å². The van der Waals surface area contributed by atoms with E-state index in [0.29, 0.717) is 30.0 Å². The van der Waals surface area contributed by atoms with Gasteiger partial charge in [-0.3, -0.25) is 9.78 Å². The average Bonchev–Trinajstić information content (AvgIpc) is 3.58. The lowest BCUT2D eigenvalue weighted by Gasteiger charge is -2.41. The summed E-state index contributed by atoms with van der Waals surface area (Å²) in [7, 11) is 0. The van der Waals surface area contributed by atoms with Crippen molar-refractivity contribution in [2.75, 3.05) is 13.2 Å². The predicted octanol–water partition coefficient (Wildman–Crippen LogP) is 5.06. The van der Waals surface area contributed by atoms with E-state index in [1.165, 1.54) is 0 Å². The summed E-state index contributed by atoms with van der Waals surface area (Å²) in [6.07, 6.45) is 3.76. The summed E-state index contributed by atoms with van der Waals surface area (Å²) in [6.45, 7) is 8.41. The number of ether oxygens (including phenoxy) is 2. The standard InChI is InChI=1S/C29H33N3O5/c1-18-7-8-21(36-17-19-9-13-32(19)27(35)37-28(2,3)4)16-23(18)26(34)31-29(10-11-29)24-14-20(33)15-25-22(24)6-5-12-30-25/h5-8,12,14-16,19,33H,9-11,13,17H2,1-4H3,(H,31,34)/t19-/m0/s1. The van der Waals surface area contributed by atoms with Gasteiger partial charge in [0.2, 0.25) is 0 Å². The van der Waals surface area contributed by atoms with Crippen LogP contribution in [0.5, 0.6) is 11.5 Å². The number of pyridine rings is 1. The second-order valence-electron chi connectivity index (χ2n) is 11.0. The molecule has 1 saturated heterocycles. The second-order valence-corrected chi connectivity index (χ2v) is 11.0. The van der Waals surface area contributed by atoms with Crippen molar-refractivity contribution in [1.29, 1.82) is 0 Å². The molecule has 2 fully saturated rings. The number of likely N-dealkylation sites (tertiary alicyclic amines) is 1. The van der Waals surface area contributed by atoms with Crippen LogP contribution in [0.4, 0.5) is 4.79 Å². The van der Waals surface area contributed by atoms with Gasteiger partial charge < -0.3 is 24.8 Å². The van der Waals surface area contributed by atoms with Crippen molar-refractivity contribution in [1.82, 2.24) is 15.2 Å². The van der Waals surface area contributed by atoms with E-state index in [1.807, 2.05) is 52.0 Å². The fourth-order valence-electron chi connectivity index (χ4n) is 4.74. The van der Waals surface area contributed by atoms with Gasteiger partial charge in [0, 0.05) is 29.8 Å². The molecule has 5 rings (SSSR count). The summed E-state index contributed by atoms with van der Waals surface area (Å²) < 4.78 is 11.5. The van der Waals surface area contributed by atoms with Crippen LogP contribution >= 0.6 is 0 Å². The molecule has 2 N–H and O–H groups in total. The maximum Gasteiger partial charge on any atom is 0.410 e. The number of amides is 2. The highest BCUT2D eigenvalue weighted by atomic mass is 16.6. The van der Waals surface area contributed by atoms with Crippen LogP contribution in [-0.4, -0.2) is 51.8 Å². The van der Waals surface area contributed by atoms with Gasteiger partial charge >= 0.3 is 6.09 Å². The molecule has 1 aromatic heterocycles. The molecule has 0 spiro atoms. The molecule has 0 unspecified atom stereocenters. The minimum atomic E-state index is -0.544. The minimum Gasteiger partial charge on any atom is -0.508 e. The predicted molar refractivity (Wildman–Crippen MR) is 140 cm³/mol. The molecule has 2 aromatic carbocycles. The van der Waals surface area contributed by atoms with E-state index in [-0.39, 0.29) is 23.8 Å². The van der Waals surface area contributed by atoms with Crippen LogP contribution in [0.15, 0.2) is 48.7 Å². The Bertz CT molecular complexity index is 1360. The fraction of sp³-hybridized carbons (Fsp3) is 0.414. The highest BCUT2D eigenvalue weighted by molar-refractivity contribution is 5.97. The quantitative estimate of drug-likeness (QED) is 0.488. The third-order valence-electron chi connectivity index (χ3n) is 6.99. The molecular formula is C29H33N3O5. The van der Waals surface area contributed by atoms with Crippen molar-refractivity contribution >= 4 is 22.9 Å². The number of rotatable bonds is 6. The van der Waals surface area contributed by atoms with Crippen molar-refractivity contribution in [2.24, 2.45) is 0 Å². The monoisotopic (exact) mass is 503 g/mol. The molecule has 2 aliphatic rings. The Kier molecular flexibility index (Phi) is 6.22. The van der Waals surface area contributed by atoms with E-state index < -0.39 is 11.1 Å². The SMILES string of the molecule is Cc1ccc(OC[C@@H]2CCN2C(=O)OC(C)(C)C)cc1C(=O)NC1(c2cc(O)cc3ncccc23)CC1. The van der Waals surface area contributed by atoms with Crippen molar-refractivity contribution < 1.29 is 24.2 Å². The van der Waals surface area contributed by atoms with Crippen molar-refractivity contribution in [3.8, 4) is 11.5 Å². The lowest BCUT2D eigenvalue weighted by atomic mass is 9.97. The molecule has 2 heterocycles. The smallest absolute Gasteiger partial charge is 0.410 e. The summed E-state index contributed by atoms with van der Waals surface area (Å²) in [6, 6.07) is 12.6. The van der Waals surface area contributed by atoms with Crippen LogP contribution in [0.3, 0.4) is 0 Å². The van der Waals surface area contributed by atoms with E-state index in [0.717, 1.165) is 35.8 Å². The number of aromatic nitrogens is 1. The van der Waals surface area contributed by atoms with Gasteiger partial charge in [0.05, 0.1) is 17.1 Å². The zero-order valence-electron chi connectivity index (χ0n) is 21.7. The topological polar surface area (TPSA) is 101 Å². The largest absolute Gasteiger partial charge is 0.508 e. The molecule has 1 aliphatic heterocycles. The van der Waals surface area contributed by atoms with Gasteiger partial charge in [-0.05, 0) is 82.3 Å². The van der Waals surface area contributed by atoms with Crippen molar-refractivity contribution in [3.05, 3.63) is 65.4 Å². The zero-order valence-corrected chi connectivity index (χ0v) is 21.7. The Hall–Kier alpha value is -3.81. The summed E-state index contributed by atoms with van der Waals surface area (Å²) in [5.74, 6) is 0.508. The Morgan fingerprint density at radius 3 is 2.65 bits per heavy atom. The number of benzene rings is 2. The Morgan fingerprint density at radius 1 is 1.19 bits per heavy atom. The third-order valence-corrected chi connectivity index (χ3v) is 6.99. The fourth-order valence-corrected chi connectivity index (χ4v) is 4.74. The first-order valence-corrected chi connectivity index (χ1v) is 12.7. The molecule has 8 nitrogen and oxygen atoms in total. The molecule has 3 aromatic rings. The normalized spacial score (nSPS) is 18.2. The molecule has 1 atom stereocenters. The van der Waals surface area contributed by atoms with Crippen molar-refractivity contribution in [3.63, 3.8) is 0 Å². The summed E-state index contributed by atoms with van der Waals surface area (Å²) >= 11 is 0. The summed E-state index contributed by atoms with van der Waals surface area (Å²) in [5, 5.41) is 14.4. The van der Waals surface area contributed by atoms with Crippen LogP contribution in [0, 0.1) is 6.92 Å². The number of hydrogen-bond donors (Lipinski definition) is 2. The lowest BCUT2D eigenvalue weighted by molar-refractivity contribution is -0.0141. The molecule has 0 radical (unpaired) electrons. The van der Waals surface area contributed by atoms with E-state index >= 15 is 0 Å². The Morgan fingerprint density at radius 2 is 1.97 bits per heavy atom. The molecule has 1 saturated carbocycles. The van der Waals surface area contributed by atoms with E-state index in [1.54, 1.807) is 29.3 Å². The minimum absolute atomic E-state index is 0.0594. The first kappa shape index (κ1) is 24.9. The first-order valence-electron chi connectivity index (χ1n) is 12.7.